The minimum absolute atomic E-state index is 0.417. The quantitative estimate of drug-likeness (QED) is 0.459. The number of nitrogens with one attached hydrogen (secondary N) is 3. The van der Waals surface area contributed by atoms with E-state index in [1.165, 1.54) is 11.3 Å². The summed E-state index contributed by atoms with van der Waals surface area (Å²) in [4.78, 5) is 25.5. The molecule has 0 spiro atoms. The number of carbonyl (C=O) groups is 2. The monoisotopic (exact) mass is 362 g/mol. The highest BCUT2D eigenvalue weighted by Crippen LogP contribution is 2.16. The second-order valence-electron chi connectivity index (χ2n) is 6.85. The molecule has 1 aromatic carbocycles. The maximum atomic E-state index is 12.0. The Morgan fingerprint density at radius 2 is 1.92 bits per heavy atom. The zero-order valence-electron chi connectivity index (χ0n) is 16.0. The molecule has 0 saturated carbocycles. The van der Waals surface area contributed by atoms with Gasteiger partial charge in [-0.25, -0.2) is 0 Å². The summed E-state index contributed by atoms with van der Waals surface area (Å²) in [5, 5.41) is 5.40. The fourth-order valence-corrected chi connectivity index (χ4v) is 3.36. The Kier molecular flexibility index (Phi) is 8.41. The first-order valence-electron chi connectivity index (χ1n) is 9.80. The van der Waals surface area contributed by atoms with E-state index in [-0.39, 0.29) is 0 Å². The van der Waals surface area contributed by atoms with E-state index in [0.29, 0.717) is 24.9 Å². The highest BCUT2D eigenvalue weighted by Gasteiger charge is 2.28. The Bertz CT molecular complexity index is 574. The summed E-state index contributed by atoms with van der Waals surface area (Å²) < 4.78 is 5.64. The molecular weight excluding hydrogens is 330 g/mol. The lowest BCUT2D eigenvalue weighted by atomic mass is 10.2. The summed E-state index contributed by atoms with van der Waals surface area (Å²) in [7, 11) is 0. The Labute approximate surface area is 156 Å². The predicted octanol–water partition coefficient (Wildman–Crippen LogP) is 1.38. The minimum atomic E-state index is -0.627. The van der Waals surface area contributed by atoms with Gasteiger partial charge in [-0.1, -0.05) is 19.8 Å². The summed E-state index contributed by atoms with van der Waals surface area (Å²) >= 11 is 0. The van der Waals surface area contributed by atoms with E-state index < -0.39 is 11.8 Å². The van der Waals surface area contributed by atoms with Crippen LogP contribution >= 0.6 is 0 Å². The van der Waals surface area contributed by atoms with E-state index >= 15 is 0 Å². The predicted molar refractivity (Wildman–Crippen MR) is 102 cm³/mol. The van der Waals surface area contributed by atoms with Crippen LogP contribution in [-0.4, -0.2) is 44.1 Å². The second kappa shape index (κ2) is 10.8. The number of anilines is 1. The van der Waals surface area contributed by atoms with Crippen molar-refractivity contribution in [1.82, 2.24) is 5.32 Å². The summed E-state index contributed by atoms with van der Waals surface area (Å²) in [6.07, 6.45) is 5.64. The summed E-state index contributed by atoms with van der Waals surface area (Å²) in [6.45, 7) is 7.76. The number of hydrogen-bond donors (Lipinski definition) is 3. The van der Waals surface area contributed by atoms with Gasteiger partial charge in [0, 0.05) is 18.5 Å². The van der Waals surface area contributed by atoms with Crippen LogP contribution in [0.25, 0.3) is 0 Å². The standard InChI is InChI=1S/C20H31N3O3/c1-3-5-6-14-26-18-11-9-16(10-12-18)22-20(25)19(24)21-15-17-8-7-13-23(17)4-2/h9-12,17H,3-8,13-15H2,1-2H3,(H,21,24)(H,22,25)/p+1/t17-/m0/s1. The zero-order chi connectivity index (χ0) is 18.8. The van der Waals surface area contributed by atoms with Gasteiger partial charge in [-0.3, -0.25) is 9.59 Å². The van der Waals surface area contributed by atoms with E-state index in [1.54, 1.807) is 24.3 Å². The highest BCUT2D eigenvalue weighted by molar-refractivity contribution is 6.39. The van der Waals surface area contributed by atoms with Gasteiger partial charge in [0.2, 0.25) is 0 Å². The molecule has 1 heterocycles. The largest absolute Gasteiger partial charge is 0.494 e. The molecule has 1 unspecified atom stereocenters. The first kappa shape index (κ1) is 20.2. The number of hydrogen-bond acceptors (Lipinski definition) is 3. The van der Waals surface area contributed by atoms with Crippen LogP contribution in [0.3, 0.4) is 0 Å². The molecule has 2 atom stereocenters. The topological polar surface area (TPSA) is 71.9 Å². The Balaban J connectivity index is 1.73. The van der Waals surface area contributed by atoms with Crippen LogP contribution in [0.2, 0.25) is 0 Å². The van der Waals surface area contributed by atoms with E-state index in [9.17, 15) is 9.59 Å². The average molecular weight is 362 g/mol. The molecule has 6 nitrogen and oxygen atoms in total. The molecule has 3 N–H and O–H groups in total. The summed E-state index contributed by atoms with van der Waals surface area (Å²) in [6, 6.07) is 7.53. The molecule has 6 heteroatoms. The first-order chi connectivity index (χ1) is 12.6. The number of rotatable bonds is 9. The molecule has 26 heavy (non-hydrogen) atoms. The van der Waals surface area contributed by atoms with E-state index in [4.69, 9.17) is 4.74 Å². The maximum absolute atomic E-state index is 12.0. The normalized spacial score (nSPS) is 19.2. The Hall–Kier alpha value is -2.08. The molecule has 1 aromatic rings. The number of ether oxygens (including phenoxy) is 1. The lowest BCUT2D eigenvalue weighted by Gasteiger charge is -2.19. The number of unbranched alkanes of at least 4 members (excludes halogenated alkanes) is 2. The van der Waals surface area contributed by atoms with E-state index in [2.05, 4.69) is 24.5 Å². The Morgan fingerprint density at radius 3 is 2.62 bits per heavy atom. The van der Waals surface area contributed by atoms with Gasteiger partial charge in [0.15, 0.2) is 0 Å². The van der Waals surface area contributed by atoms with Crippen molar-refractivity contribution >= 4 is 17.5 Å². The van der Waals surface area contributed by atoms with Crippen molar-refractivity contribution in [1.29, 1.82) is 0 Å². The van der Waals surface area contributed by atoms with Crippen LogP contribution in [0.5, 0.6) is 5.75 Å². The molecule has 2 rings (SSSR count). The van der Waals surface area contributed by atoms with Gasteiger partial charge in [-0.2, -0.15) is 0 Å². The molecule has 0 radical (unpaired) electrons. The molecule has 1 fully saturated rings. The van der Waals surface area contributed by atoms with Crippen LogP contribution in [0.15, 0.2) is 24.3 Å². The number of benzene rings is 1. The Morgan fingerprint density at radius 1 is 1.15 bits per heavy atom. The van der Waals surface area contributed by atoms with Crippen LogP contribution in [0.1, 0.15) is 46.0 Å². The van der Waals surface area contributed by atoms with Crippen molar-refractivity contribution in [3.63, 3.8) is 0 Å². The molecular formula is C20H32N3O3+. The number of likely N-dealkylation sites (N-methyl/N-ethyl adjacent to an activating group) is 1. The fourth-order valence-electron chi connectivity index (χ4n) is 3.36. The van der Waals surface area contributed by atoms with Crippen molar-refractivity contribution in [3.8, 4) is 5.75 Å². The third-order valence-corrected chi connectivity index (χ3v) is 4.93. The summed E-state index contributed by atoms with van der Waals surface area (Å²) in [5.74, 6) is -0.433. The van der Waals surface area contributed by atoms with Gasteiger partial charge in [0.25, 0.3) is 0 Å². The molecule has 0 aromatic heterocycles. The van der Waals surface area contributed by atoms with Gasteiger partial charge < -0.3 is 20.3 Å². The van der Waals surface area contributed by atoms with Gasteiger partial charge in [0.05, 0.1) is 26.2 Å². The van der Waals surface area contributed by atoms with Crippen LogP contribution in [0.4, 0.5) is 5.69 Å². The smallest absolute Gasteiger partial charge is 0.313 e. The molecule has 2 amide bonds. The third-order valence-electron chi connectivity index (χ3n) is 4.93. The van der Waals surface area contributed by atoms with Crippen LogP contribution in [0, 0.1) is 0 Å². The SMILES string of the molecule is CCCCCOc1ccc(NC(=O)C(=O)NC[C@@H]2CCC[NH+]2CC)cc1. The van der Waals surface area contributed by atoms with E-state index in [0.717, 1.165) is 44.5 Å². The number of quaternary nitrogens is 1. The van der Waals surface area contributed by atoms with Crippen LogP contribution in [-0.2, 0) is 9.59 Å². The molecule has 0 bridgehead atoms. The molecule has 1 aliphatic heterocycles. The average Bonchev–Trinajstić information content (AvgIpc) is 3.12. The lowest BCUT2D eigenvalue weighted by molar-refractivity contribution is -0.909. The van der Waals surface area contributed by atoms with Gasteiger partial charge in [0.1, 0.15) is 11.8 Å². The zero-order valence-corrected chi connectivity index (χ0v) is 16.0. The molecule has 1 aliphatic rings. The van der Waals surface area contributed by atoms with Crippen molar-refractivity contribution in [2.45, 2.75) is 52.0 Å². The number of carbonyl (C=O) groups excluding carboxylic acids is 2. The van der Waals surface area contributed by atoms with Crippen molar-refractivity contribution in [2.24, 2.45) is 0 Å². The van der Waals surface area contributed by atoms with E-state index in [1.807, 2.05) is 0 Å². The highest BCUT2D eigenvalue weighted by atomic mass is 16.5. The number of likely N-dealkylation sites (tertiary alicyclic amines) is 1. The molecule has 0 aliphatic carbocycles. The summed E-state index contributed by atoms with van der Waals surface area (Å²) in [5.41, 5.74) is 0.590. The lowest BCUT2D eigenvalue weighted by Crippen LogP contribution is -3.14. The fraction of sp³-hybridized carbons (Fsp3) is 0.600. The third kappa shape index (κ3) is 6.33. The minimum Gasteiger partial charge on any atom is -0.494 e. The maximum Gasteiger partial charge on any atom is 0.313 e. The molecule has 1 saturated heterocycles. The molecule has 144 valence electrons. The van der Waals surface area contributed by atoms with Crippen molar-refractivity contribution in [3.05, 3.63) is 24.3 Å². The van der Waals surface area contributed by atoms with Crippen LogP contribution < -0.4 is 20.3 Å². The van der Waals surface area contributed by atoms with Crippen molar-refractivity contribution in [2.75, 3.05) is 31.6 Å². The second-order valence-corrected chi connectivity index (χ2v) is 6.85. The van der Waals surface area contributed by atoms with Gasteiger partial charge in [-0.15, -0.1) is 0 Å². The number of amides is 2. The first-order valence-corrected chi connectivity index (χ1v) is 9.80. The van der Waals surface area contributed by atoms with Gasteiger partial charge in [-0.05, 0) is 37.6 Å². The van der Waals surface area contributed by atoms with Crippen molar-refractivity contribution < 1.29 is 19.2 Å². The van der Waals surface area contributed by atoms with Gasteiger partial charge >= 0.3 is 11.8 Å².